The number of hydrogen-bond acceptors (Lipinski definition) is 5. The van der Waals surface area contributed by atoms with E-state index in [0.717, 1.165) is 0 Å². The predicted octanol–water partition coefficient (Wildman–Crippen LogP) is -13.7. The van der Waals surface area contributed by atoms with E-state index in [2.05, 4.69) is 0 Å². The van der Waals surface area contributed by atoms with Crippen LogP contribution in [0.2, 0.25) is 0 Å². The number of aliphatic hydroxyl groups is 1. The number of hydrogen-bond donors (Lipinski definition) is 7. The molecule has 0 aliphatic carbocycles. The zero-order valence-corrected chi connectivity index (χ0v) is 26.0. The summed E-state index contributed by atoms with van der Waals surface area (Å²) in [6.07, 6.45) is -2.29. The Morgan fingerprint density at radius 1 is 0.818 bits per heavy atom. The summed E-state index contributed by atoms with van der Waals surface area (Å²) in [5, 5.41) is 33.8. The summed E-state index contributed by atoms with van der Waals surface area (Å²) in [6, 6.07) is 0. The molecular weight excluding hydrogens is 435 g/mol. The molecule has 0 rings (SSSR count). The predicted molar refractivity (Wildman–Crippen MR) is 55.8 cm³/mol. The second-order valence-electron chi connectivity index (χ2n) is 2.99. The molecule has 0 heterocycles. The fourth-order valence-corrected chi connectivity index (χ4v) is 0.714. The number of phosphoric acid groups is 1. The van der Waals surface area contributed by atoms with Crippen LogP contribution in [0.25, 0.3) is 0 Å². The van der Waals surface area contributed by atoms with Crippen LogP contribution in [0.15, 0.2) is 0 Å². The number of aliphatic carboxylic acids is 3. The molecule has 0 aliphatic heterocycles. The Morgan fingerprint density at radius 2 is 1.00 bits per heavy atom. The van der Waals surface area contributed by atoms with Crippen LogP contribution in [-0.2, 0) is 18.9 Å². The first-order chi connectivity index (χ1) is 7.78. The normalized spacial score (nSPS) is 9.09. The van der Waals surface area contributed by atoms with Crippen molar-refractivity contribution in [3.05, 3.63) is 0 Å². The van der Waals surface area contributed by atoms with Crippen molar-refractivity contribution >= 4 is 25.7 Å². The van der Waals surface area contributed by atoms with Gasteiger partial charge in [-0.25, -0.2) is 9.36 Å². The average Bonchev–Trinajstić information content (AvgIpc) is 1.95. The molecule has 0 aromatic carbocycles. The van der Waals surface area contributed by atoms with Gasteiger partial charge in [0.25, 0.3) is 0 Å². The Morgan fingerprint density at radius 3 is 1.09 bits per heavy atom. The van der Waals surface area contributed by atoms with Crippen molar-refractivity contribution in [3.63, 3.8) is 0 Å². The van der Waals surface area contributed by atoms with Crippen LogP contribution in [0, 0.1) is 0 Å². The molecule has 16 heteroatoms. The first kappa shape index (κ1) is 41.4. The van der Waals surface area contributed by atoms with Gasteiger partial charge >= 0.3 is 231 Å². The maximum absolute atomic E-state index is 10.3. The van der Waals surface area contributed by atoms with Gasteiger partial charge in [-0.3, -0.25) is 9.59 Å². The average molecular weight is 451 g/mol. The SMILES string of the molecule is O=C(O)CC(O)(CC(=O)O)C(=O)O.O=P(O)(O)O.[H-].[H-].[H-].[H-].[K+].[K+].[K+].[K+]. The number of carboxylic acids is 3. The van der Waals surface area contributed by atoms with Gasteiger partial charge in [-0.05, 0) is 0 Å². The van der Waals surface area contributed by atoms with Crippen LogP contribution in [0.1, 0.15) is 18.5 Å². The van der Waals surface area contributed by atoms with Gasteiger partial charge in [-0.15, -0.1) is 0 Å². The van der Waals surface area contributed by atoms with E-state index in [1.165, 1.54) is 0 Å². The van der Waals surface area contributed by atoms with Crippen LogP contribution in [0.3, 0.4) is 0 Å². The Kier molecular flexibility index (Phi) is 39.1. The van der Waals surface area contributed by atoms with Crippen molar-refractivity contribution in [2.24, 2.45) is 0 Å². The second kappa shape index (κ2) is 20.8. The van der Waals surface area contributed by atoms with Crippen LogP contribution in [0.5, 0.6) is 0 Å². The summed E-state index contributed by atoms with van der Waals surface area (Å²) >= 11 is 0. The first-order valence-electron chi connectivity index (χ1n) is 3.95. The fourth-order valence-electron chi connectivity index (χ4n) is 0.714. The molecule has 0 radical (unpaired) electrons. The van der Waals surface area contributed by atoms with Gasteiger partial charge in [0.1, 0.15) is 0 Å². The van der Waals surface area contributed by atoms with Crippen molar-refractivity contribution < 1.29 is 265 Å². The summed E-state index contributed by atoms with van der Waals surface area (Å²) in [6.45, 7) is 0. The molecule has 0 unspecified atom stereocenters. The summed E-state index contributed by atoms with van der Waals surface area (Å²) in [4.78, 5) is 52.0. The quantitative estimate of drug-likeness (QED) is 0.154. The van der Waals surface area contributed by atoms with Crippen molar-refractivity contribution in [2.75, 3.05) is 0 Å². The summed E-state index contributed by atoms with van der Waals surface area (Å²) < 4.78 is 8.88. The second-order valence-corrected chi connectivity index (χ2v) is 4.02. The molecule has 22 heavy (non-hydrogen) atoms. The smallest absolute Gasteiger partial charge is 1.00 e. The number of rotatable bonds is 5. The van der Waals surface area contributed by atoms with Gasteiger partial charge < -0.3 is 40.8 Å². The minimum Gasteiger partial charge on any atom is -1.00 e. The van der Waals surface area contributed by atoms with Gasteiger partial charge in [-0.1, -0.05) is 0 Å². The minimum absolute atomic E-state index is 0. The van der Waals surface area contributed by atoms with E-state index in [0.29, 0.717) is 0 Å². The van der Waals surface area contributed by atoms with Crippen LogP contribution < -0.4 is 206 Å². The summed E-state index contributed by atoms with van der Waals surface area (Å²) in [5.41, 5.74) is -2.74. The molecular formula is C6H15K4O11P. The molecule has 0 atom stereocenters. The van der Waals surface area contributed by atoms with Gasteiger partial charge in [0.05, 0.1) is 12.8 Å². The van der Waals surface area contributed by atoms with Crippen LogP contribution in [0.4, 0.5) is 0 Å². The number of carbonyl (C=O) groups is 3. The third-order valence-corrected chi connectivity index (χ3v) is 1.29. The fraction of sp³-hybridized carbons (Fsp3) is 0.500. The summed E-state index contributed by atoms with van der Waals surface area (Å²) in [7, 11) is -4.64. The third-order valence-electron chi connectivity index (χ3n) is 1.29. The van der Waals surface area contributed by atoms with E-state index >= 15 is 0 Å². The van der Waals surface area contributed by atoms with Crippen LogP contribution >= 0.6 is 7.82 Å². The topological polar surface area (TPSA) is 210 Å². The van der Waals surface area contributed by atoms with Gasteiger partial charge in [0.2, 0.25) is 0 Å². The van der Waals surface area contributed by atoms with Crippen molar-refractivity contribution in [3.8, 4) is 0 Å². The largest absolute Gasteiger partial charge is 1.00 e. The maximum atomic E-state index is 10.3. The molecule has 0 fully saturated rings. The standard InChI is InChI=1S/C6H8O7.4K.H3O4P.4H/c7-3(8)1-6(13,5(11)12)2-4(9)10;;;;;1-5(2,3)4;;;;/h13H,1-2H2,(H,7,8)(H,9,10)(H,11,12);;;;;(H3,1,2,3,4);;;;/q;4*+1;;4*-1. The maximum Gasteiger partial charge on any atom is 1.00 e. The van der Waals surface area contributed by atoms with E-state index < -0.39 is 44.2 Å². The molecule has 0 aromatic heterocycles. The molecule has 0 saturated heterocycles. The summed E-state index contributed by atoms with van der Waals surface area (Å²) in [5.74, 6) is -5.02. The van der Waals surface area contributed by atoms with E-state index in [1.54, 1.807) is 0 Å². The molecule has 7 N–H and O–H groups in total. The molecule has 0 aliphatic rings. The van der Waals surface area contributed by atoms with E-state index in [9.17, 15) is 14.4 Å². The first-order valence-corrected chi connectivity index (χ1v) is 5.52. The van der Waals surface area contributed by atoms with Crippen molar-refractivity contribution in [1.82, 2.24) is 0 Å². The monoisotopic (exact) mass is 450 g/mol. The minimum atomic E-state index is -4.64. The number of carboxylic acid groups (broad SMARTS) is 3. The zero-order valence-electron chi connectivity index (χ0n) is 16.6. The van der Waals surface area contributed by atoms with Gasteiger partial charge in [-0.2, -0.15) is 0 Å². The molecule has 0 saturated carbocycles. The van der Waals surface area contributed by atoms with Crippen LogP contribution in [-0.4, -0.2) is 58.6 Å². The van der Waals surface area contributed by atoms with Crippen molar-refractivity contribution in [2.45, 2.75) is 18.4 Å². The van der Waals surface area contributed by atoms with E-state index in [4.69, 9.17) is 39.7 Å². The zero-order chi connectivity index (χ0) is 15.1. The molecule has 0 bridgehead atoms. The Hall–Kier alpha value is 5.03. The van der Waals surface area contributed by atoms with E-state index in [-0.39, 0.29) is 211 Å². The molecule has 114 valence electrons. The molecule has 0 aromatic rings. The van der Waals surface area contributed by atoms with E-state index in [1.807, 2.05) is 0 Å². The van der Waals surface area contributed by atoms with Crippen molar-refractivity contribution in [1.29, 1.82) is 0 Å². The Balaban J connectivity index is -0.0000000223. The molecule has 11 nitrogen and oxygen atoms in total. The molecule has 0 amide bonds. The van der Waals surface area contributed by atoms with Gasteiger partial charge in [0.15, 0.2) is 5.60 Å². The Labute approximate surface area is 301 Å². The van der Waals surface area contributed by atoms with Gasteiger partial charge in [0, 0.05) is 0 Å². The molecule has 0 spiro atoms. The third kappa shape index (κ3) is 32.7. The Bertz CT molecular complexity index is 375.